The molecule has 0 unspecified atom stereocenters. The first-order valence-corrected chi connectivity index (χ1v) is 11.5. The van der Waals surface area contributed by atoms with Crippen LogP contribution in [0.5, 0.6) is 0 Å². The highest BCUT2D eigenvalue weighted by molar-refractivity contribution is 6.43. The van der Waals surface area contributed by atoms with Crippen molar-refractivity contribution in [2.45, 2.75) is 13.8 Å². The van der Waals surface area contributed by atoms with Crippen molar-refractivity contribution in [3.8, 4) is 5.69 Å². The predicted octanol–water partition coefficient (Wildman–Crippen LogP) is 2.79. The van der Waals surface area contributed by atoms with Crippen molar-refractivity contribution in [2.24, 2.45) is 0 Å². The molecule has 0 spiro atoms. The van der Waals surface area contributed by atoms with E-state index in [0.717, 1.165) is 11.4 Å². The first kappa shape index (κ1) is 23.5. The number of amides is 2. The van der Waals surface area contributed by atoms with Gasteiger partial charge in [0.15, 0.2) is 0 Å². The number of piperazine rings is 1. The van der Waals surface area contributed by atoms with Gasteiger partial charge in [-0.25, -0.2) is 4.68 Å². The van der Waals surface area contributed by atoms with Gasteiger partial charge in [0.25, 0.3) is 11.7 Å². The summed E-state index contributed by atoms with van der Waals surface area (Å²) in [6, 6.07) is 17.0. The summed E-state index contributed by atoms with van der Waals surface area (Å²) in [6.45, 7) is 5.59. The molecule has 1 N–H and O–H groups in total. The van der Waals surface area contributed by atoms with Crippen LogP contribution in [0, 0.1) is 13.8 Å². The second kappa shape index (κ2) is 10.1. The Morgan fingerprint density at radius 1 is 0.941 bits per heavy atom. The highest BCUT2D eigenvalue weighted by atomic mass is 35.5. The van der Waals surface area contributed by atoms with E-state index < -0.39 is 11.7 Å². The normalized spacial score (nSPS) is 13.6. The number of benzene rings is 2. The van der Waals surface area contributed by atoms with Crippen LogP contribution in [0.1, 0.15) is 21.7 Å². The molecule has 176 valence electrons. The predicted molar refractivity (Wildman–Crippen MR) is 131 cm³/mol. The first-order chi connectivity index (χ1) is 16.3. The average Bonchev–Trinajstić information content (AvgIpc) is 3.16. The smallest absolute Gasteiger partial charge is 0.292 e. The van der Waals surface area contributed by atoms with E-state index in [1.54, 1.807) is 23.4 Å². The minimum Gasteiger partial charge on any atom is -0.368 e. The molecule has 1 aliphatic rings. The van der Waals surface area contributed by atoms with Crippen molar-refractivity contribution >= 4 is 34.9 Å². The number of hydrogen-bond acceptors (Lipinski definition) is 5. The molecule has 2 aromatic carbocycles. The summed E-state index contributed by atoms with van der Waals surface area (Å²) in [5, 5.41) is 7.57. The van der Waals surface area contributed by atoms with Gasteiger partial charge in [-0.15, -0.1) is 0 Å². The van der Waals surface area contributed by atoms with E-state index in [0.29, 0.717) is 42.6 Å². The molecular weight excluding hydrogens is 454 g/mol. The highest BCUT2D eigenvalue weighted by Gasteiger charge is 2.27. The third kappa shape index (κ3) is 4.97. The molecule has 1 fully saturated rings. The molecule has 9 heteroatoms. The van der Waals surface area contributed by atoms with E-state index in [4.69, 9.17) is 11.6 Å². The Labute approximate surface area is 203 Å². The van der Waals surface area contributed by atoms with Crippen LogP contribution < -0.4 is 10.2 Å². The van der Waals surface area contributed by atoms with Gasteiger partial charge in [0.2, 0.25) is 5.91 Å². The molecule has 3 aromatic rings. The first-order valence-electron chi connectivity index (χ1n) is 11.1. The summed E-state index contributed by atoms with van der Waals surface area (Å²) in [5.41, 5.74) is 3.11. The number of Topliss-reactive ketones (excluding diaryl/α,β-unsaturated/α-hetero) is 1. The molecule has 0 bridgehead atoms. The minimum atomic E-state index is -0.815. The van der Waals surface area contributed by atoms with Gasteiger partial charge in [-0.2, -0.15) is 5.10 Å². The van der Waals surface area contributed by atoms with E-state index in [-0.39, 0.29) is 18.0 Å². The van der Waals surface area contributed by atoms with Crippen LogP contribution in [0.2, 0.25) is 5.02 Å². The number of carbonyl (C=O) groups excluding carboxylic acids is 3. The molecule has 1 saturated heterocycles. The fourth-order valence-corrected chi connectivity index (χ4v) is 4.32. The molecule has 1 aliphatic heterocycles. The van der Waals surface area contributed by atoms with Crippen LogP contribution in [-0.4, -0.2) is 65.0 Å². The van der Waals surface area contributed by atoms with E-state index in [9.17, 15) is 14.4 Å². The number of carbonyl (C=O) groups is 3. The number of hydrogen-bond donors (Lipinski definition) is 1. The SMILES string of the molecule is Cc1nn(-c2ccccc2)c(C)c1C(=O)C(=O)NCC(=O)N1CCN(c2cccc(Cl)c2)CC1. The van der Waals surface area contributed by atoms with Gasteiger partial charge >= 0.3 is 0 Å². The number of ketones is 1. The lowest BCUT2D eigenvalue weighted by atomic mass is 10.1. The second-order valence-corrected chi connectivity index (χ2v) is 8.59. The van der Waals surface area contributed by atoms with E-state index in [2.05, 4.69) is 15.3 Å². The molecule has 0 atom stereocenters. The quantitative estimate of drug-likeness (QED) is 0.434. The van der Waals surface area contributed by atoms with Crippen molar-refractivity contribution in [3.63, 3.8) is 0 Å². The number of halogens is 1. The summed E-state index contributed by atoms with van der Waals surface area (Å²) < 4.78 is 1.64. The number of nitrogens with zero attached hydrogens (tertiary/aromatic N) is 4. The second-order valence-electron chi connectivity index (χ2n) is 8.15. The van der Waals surface area contributed by atoms with Crippen LogP contribution in [0.3, 0.4) is 0 Å². The molecule has 8 nitrogen and oxygen atoms in total. The van der Waals surface area contributed by atoms with Crippen LogP contribution >= 0.6 is 11.6 Å². The van der Waals surface area contributed by atoms with Gasteiger partial charge in [0.1, 0.15) is 0 Å². The van der Waals surface area contributed by atoms with Crippen molar-refractivity contribution in [1.29, 1.82) is 0 Å². The Bertz CT molecular complexity index is 1220. The van der Waals surface area contributed by atoms with Gasteiger partial charge in [0, 0.05) is 36.9 Å². The fourth-order valence-electron chi connectivity index (χ4n) is 4.14. The van der Waals surface area contributed by atoms with Crippen molar-refractivity contribution in [1.82, 2.24) is 20.0 Å². The summed E-state index contributed by atoms with van der Waals surface area (Å²) in [4.78, 5) is 41.9. The standard InChI is InChI=1S/C25H26ClN5O3/c1-17-23(18(2)31(28-17)20-8-4-3-5-9-20)24(33)25(34)27-16-22(32)30-13-11-29(12-14-30)21-10-6-7-19(26)15-21/h3-10,15H,11-14,16H2,1-2H3,(H,27,34). The number of rotatable bonds is 6. The molecule has 1 aromatic heterocycles. The van der Waals surface area contributed by atoms with E-state index in [1.807, 2.05) is 54.6 Å². The average molecular weight is 480 g/mol. The Morgan fingerprint density at radius 3 is 2.29 bits per heavy atom. The van der Waals surface area contributed by atoms with Gasteiger partial charge in [-0.05, 0) is 44.2 Å². The molecule has 2 amide bonds. The fraction of sp³-hybridized carbons (Fsp3) is 0.280. The number of aryl methyl sites for hydroxylation is 1. The van der Waals surface area contributed by atoms with Gasteiger partial charge < -0.3 is 15.1 Å². The van der Waals surface area contributed by atoms with Crippen LogP contribution in [0.15, 0.2) is 54.6 Å². The zero-order chi connectivity index (χ0) is 24.2. The Kier molecular flexibility index (Phi) is 6.98. The Morgan fingerprint density at radius 2 is 1.62 bits per heavy atom. The van der Waals surface area contributed by atoms with E-state index in [1.165, 1.54) is 0 Å². The lowest BCUT2D eigenvalue weighted by Crippen LogP contribution is -2.51. The Hall–Kier alpha value is -3.65. The summed E-state index contributed by atoms with van der Waals surface area (Å²) >= 11 is 6.07. The van der Waals surface area contributed by atoms with Gasteiger partial charge in [-0.3, -0.25) is 14.4 Å². The summed E-state index contributed by atoms with van der Waals surface area (Å²) in [6.07, 6.45) is 0. The monoisotopic (exact) mass is 479 g/mol. The van der Waals surface area contributed by atoms with Crippen molar-refractivity contribution in [2.75, 3.05) is 37.6 Å². The minimum absolute atomic E-state index is 0.222. The lowest BCUT2D eigenvalue weighted by Gasteiger charge is -2.36. The maximum Gasteiger partial charge on any atom is 0.292 e. The number of nitrogens with one attached hydrogen (secondary N) is 1. The maximum atomic E-state index is 12.8. The van der Waals surface area contributed by atoms with Crippen molar-refractivity contribution in [3.05, 3.63) is 76.6 Å². The van der Waals surface area contributed by atoms with Crippen LogP contribution in [-0.2, 0) is 9.59 Å². The van der Waals surface area contributed by atoms with Crippen LogP contribution in [0.4, 0.5) is 5.69 Å². The lowest BCUT2D eigenvalue weighted by molar-refractivity contribution is -0.132. The Balaban J connectivity index is 1.33. The summed E-state index contributed by atoms with van der Waals surface area (Å²) in [5.74, 6) is -1.74. The number of para-hydroxylation sites is 1. The number of aromatic nitrogens is 2. The molecular formula is C25H26ClN5O3. The maximum absolute atomic E-state index is 12.8. The molecule has 0 saturated carbocycles. The van der Waals surface area contributed by atoms with Crippen molar-refractivity contribution < 1.29 is 14.4 Å². The topological polar surface area (TPSA) is 87.5 Å². The number of anilines is 1. The van der Waals surface area contributed by atoms with Gasteiger partial charge in [-0.1, -0.05) is 35.9 Å². The zero-order valence-corrected chi connectivity index (χ0v) is 19.9. The zero-order valence-electron chi connectivity index (χ0n) is 19.1. The molecule has 0 aliphatic carbocycles. The van der Waals surface area contributed by atoms with Gasteiger partial charge in [0.05, 0.1) is 29.2 Å². The molecule has 2 heterocycles. The molecule has 34 heavy (non-hydrogen) atoms. The largest absolute Gasteiger partial charge is 0.368 e. The van der Waals surface area contributed by atoms with E-state index >= 15 is 0 Å². The molecule has 4 rings (SSSR count). The van der Waals surface area contributed by atoms with Crippen LogP contribution in [0.25, 0.3) is 5.69 Å². The third-order valence-corrected chi connectivity index (χ3v) is 6.17. The summed E-state index contributed by atoms with van der Waals surface area (Å²) in [7, 11) is 0. The highest BCUT2D eigenvalue weighted by Crippen LogP contribution is 2.21. The third-order valence-electron chi connectivity index (χ3n) is 5.93. The molecule has 0 radical (unpaired) electrons.